The minimum atomic E-state index is 0.488. The summed E-state index contributed by atoms with van der Waals surface area (Å²) in [4.78, 5) is 12.8. The Morgan fingerprint density at radius 2 is 2.28 bits per heavy atom. The lowest BCUT2D eigenvalue weighted by Crippen LogP contribution is -2.07. The van der Waals surface area contributed by atoms with Gasteiger partial charge in [0.15, 0.2) is 5.82 Å². The van der Waals surface area contributed by atoms with Crippen molar-refractivity contribution in [3.63, 3.8) is 0 Å². The summed E-state index contributed by atoms with van der Waals surface area (Å²) >= 11 is 0. The van der Waals surface area contributed by atoms with Gasteiger partial charge in [0, 0.05) is 19.0 Å². The second-order valence-corrected chi connectivity index (χ2v) is 4.50. The molecule has 0 aliphatic heterocycles. The van der Waals surface area contributed by atoms with Crippen LogP contribution in [0.25, 0.3) is 0 Å². The molecule has 18 heavy (non-hydrogen) atoms. The molecule has 2 aromatic heterocycles. The zero-order valence-corrected chi connectivity index (χ0v) is 10.2. The largest absolute Gasteiger partial charge is 0.384 e. The first-order chi connectivity index (χ1) is 8.70. The number of aryl methyl sites for hydroxylation is 1. The van der Waals surface area contributed by atoms with Crippen LogP contribution in [-0.2, 0) is 13.6 Å². The Balaban J connectivity index is 1.71. The van der Waals surface area contributed by atoms with Crippen molar-refractivity contribution in [3.8, 4) is 0 Å². The molecule has 1 saturated carbocycles. The molecule has 0 atom stereocenters. The number of rotatable bonds is 4. The van der Waals surface area contributed by atoms with Gasteiger partial charge in [-0.25, -0.2) is 15.0 Å². The Bertz CT molecular complexity index is 558. The highest BCUT2D eigenvalue weighted by molar-refractivity contribution is 5.45. The minimum Gasteiger partial charge on any atom is -0.384 e. The van der Waals surface area contributed by atoms with Crippen LogP contribution in [0.4, 0.5) is 11.6 Å². The Morgan fingerprint density at radius 3 is 2.94 bits per heavy atom. The molecule has 7 heteroatoms. The molecule has 7 nitrogen and oxygen atoms in total. The molecule has 0 bridgehead atoms. The lowest BCUT2D eigenvalue weighted by molar-refractivity contribution is 0.746. The van der Waals surface area contributed by atoms with Crippen LogP contribution in [0.15, 0.2) is 12.4 Å². The first-order valence-corrected chi connectivity index (χ1v) is 5.93. The van der Waals surface area contributed by atoms with E-state index in [4.69, 9.17) is 5.73 Å². The molecule has 1 fully saturated rings. The smallest absolute Gasteiger partial charge is 0.169 e. The van der Waals surface area contributed by atoms with E-state index in [9.17, 15) is 0 Å². The van der Waals surface area contributed by atoms with E-state index in [-0.39, 0.29) is 0 Å². The summed E-state index contributed by atoms with van der Waals surface area (Å²) in [6.07, 6.45) is 3.98. The Hall–Kier alpha value is -2.18. The maximum atomic E-state index is 5.77. The fourth-order valence-electron chi connectivity index (χ4n) is 1.73. The first kappa shape index (κ1) is 10.9. The minimum absolute atomic E-state index is 0.488. The van der Waals surface area contributed by atoms with Gasteiger partial charge in [0.2, 0.25) is 0 Å². The van der Waals surface area contributed by atoms with Gasteiger partial charge < -0.3 is 11.1 Å². The van der Waals surface area contributed by atoms with Crippen molar-refractivity contribution in [1.29, 1.82) is 0 Å². The van der Waals surface area contributed by atoms with Crippen molar-refractivity contribution >= 4 is 11.6 Å². The normalized spacial score (nSPS) is 14.7. The fraction of sp³-hybridized carbons (Fsp3) is 0.455. The van der Waals surface area contributed by atoms with E-state index in [2.05, 4.69) is 25.4 Å². The van der Waals surface area contributed by atoms with Crippen LogP contribution in [0.5, 0.6) is 0 Å². The monoisotopic (exact) mass is 245 g/mol. The van der Waals surface area contributed by atoms with E-state index in [1.54, 1.807) is 17.1 Å². The lowest BCUT2D eigenvalue weighted by Gasteiger charge is -2.06. The Morgan fingerprint density at radius 1 is 1.44 bits per heavy atom. The molecule has 94 valence electrons. The van der Waals surface area contributed by atoms with Crippen LogP contribution < -0.4 is 11.1 Å². The number of nitrogens with zero attached hydrogens (tertiary/aromatic N) is 5. The second-order valence-electron chi connectivity index (χ2n) is 4.50. The number of anilines is 2. The summed E-state index contributed by atoms with van der Waals surface area (Å²) < 4.78 is 1.67. The summed E-state index contributed by atoms with van der Waals surface area (Å²) in [5.74, 6) is 3.29. The molecule has 0 amide bonds. The van der Waals surface area contributed by atoms with Gasteiger partial charge in [-0.2, -0.15) is 5.10 Å². The van der Waals surface area contributed by atoms with E-state index >= 15 is 0 Å². The van der Waals surface area contributed by atoms with Crippen LogP contribution in [-0.4, -0.2) is 24.7 Å². The van der Waals surface area contributed by atoms with E-state index in [0.29, 0.717) is 18.3 Å². The maximum absolute atomic E-state index is 5.77. The van der Waals surface area contributed by atoms with Crippen LogP contribution in [0, 0.1) is 0 Å². The third kappa shape index (κ3) is 2.39. The summed E-state index contributed by atoms with van der Waals surface area (Å²) in [6.45, 7) is 0.529. The molecule has 0 saturated heterocycles. The molecule has 0 aromatic carbocycles. The fourth-order valence-corrected chi connectivity index (χ4v) is 1.73. The average molecular weight is 245 g/mol. The van der Waals surface area contributed by atoms with Crippen LogP contribution in [0.1, 0.15) is 30.4 Å². The van der Waals surface area contributed by atoms with Gasteiger partial charge in [-0.05, 0) is 12.8 Å². The van der Waals surface area contributed by atoms with E-state index in [0.717, 1.165) is 30.3 Å². The third-order valence-corrected chi connectivity index (χ3v) is 2.78. The summed E-state index contributed by atoms with van der Waals surface area (Å²) in [7, 11) is 1.84. The standard InChI is InChI=1S/C11H15N7/c1-18-6-14-10(17-18)5-13-9-4-8(12)15-11(16-9)7-2-3-7/h4,6-7H,2-3,5H2,1H3,(H3,12,13,15,16). The van der Waals surface area contributed by atoms with Gasteiger partial charge in [0.25, 0.3) is 0 Å². The lowest BCUT2D eigenvalue weighted by atomic mass is 10.4. The zero-order chi connectivity index (χ0) is 12.5. The van der Waals surface area contributed by atoms with Crippen molar-refractivity contribution in [3.05, 3.63) is 24.0 Å². The summed E-state index contributed by atoms with van der Waals surface area (Å²) in [5.41, 5.74) is 5.77. The molecule has 0 radical (unpaired) electrons. The molecule has 2 heterocycles. The highest BCUT2D eigenvalue weighted by Crippen LogP contribution is 2.38. The molecule has 0 spiro atoms. The maximum Gasteiger partial charge on any atom is 0.169 e. The second kappa shape index (κ2) is 4.25. The van der Waals surface area contributed by atoms with Crippen molar-refractivity contribution in [2.45, 2.75) is 25.3 Å². The number of hydrogen-bond acceptors (Lipinski definition) is 6. The molecule has 0 unspecified atom stereocenters. The van der Waals surface area contributed by atoms with E-state index in [1.165, 1.54) is 0 Å². The van der Waals surface area contributed by atoms with Gasteiger partial charge in [0.1, 0.15) is 23.8 Å². The molecule has 1 aliphatic carbocycles. The van der Waals surface area contributed by atoms with Gasteiger partial charge in [-0.1, -0.05) is 0 Å². The Labute approximate surface area is 104 Å². The number of nitrogen functional groups attached to an aromatic ring is 1. The first-order valence-electron chi connectivity index (χ1n) is 5.93. The number of nitrogens with one attached hydrogen (secondary N) is 1. The molecule has 3 rings (SSSR count). The molecule has 2 aromatic rings. The van der Waals surface area contributed by atoms with Crippen LogP contribution in [0.3, 0.4) is 0 Å². The van der Waals surface area contributed by atoms with Crippen LogP contribution >= 0.6 is 0 Å². The number of nitrogens with two attached hydrogens (primary N) is 1. The van der Waals surface area contributed by atoms with Gasteiger partial charge in [0.05, 0.1) is 6.54 Å². The number of aromatic nitrogens is 5. The van der Waals surface area contributed by atoms with Crippen molar-refractivity contribution in [2.75, 3.05) is 11.1 Å². The molecule has 1 aliphatic rings. The highest BCUT2D eigenvalue weighted by Gasteiger charge is 2.27. The summed E-state index contributed by atoms with van der Waals surface area (Å²) in [6, 6.07) is 1.73. The quantitative estimate of drug-likeness (QED) is 0.822. The average Bonchev–Trinajstić information content (AvgIpc) is 3.10. The zero-order valence-electron chi connectivity index (χ0n) is 10.2. The topological polar surface area (TPSA) is 94.5 Å². The van der Waals surface area contributed by atoms with Gasteiger partial charge in [-0.3, -0.25) is 4.68 Å². The Kier molecular flexibility index (Phi) is 2.58. The van der Waals surface area contributed by atoms with Crippen LogP contribution in [0.2, 0.25) is 0 Å². The SMILES string of the molecule is Cn1cnc(CNc2cc(N)nc(C3CC3)n2)n1. The third-order valence-electron chi connectivity index (χ3n) is 2.78. The van der Waals surface area contributed by atoms with Gasteiger partial charge >= 0.3 is 0 Å². The predicted octanol–water partition coefficient (Wildman–Crippen LogP) is 0.677. The molecule has 3 N–H and O–H groups in total. The van der Waals surface area contributed by atoms with E-state index < -0.39 is 0 Å². The van der Waals surface area contributed by atoms with Crippen molar-refractivity contribution in [1.82, 2.24) is 24.7 Å². The van der Waals surface area contributed by atoms with Gasteiger partial charge in [-0.15, -0.1) is 0 Å². The predicted molar refractivity (Wildman–Crippen MR) is 66.7 cm³/mol. The van der Waals surface area contributed by atoms with E-state index in [1.807, 2.05) is 7.05 Å². The van der Waals surface area contributed by atoms with Crippen molar-refractivity contribution in [2.24, 2.45) is 7.05 Å². The number of hydrogen-bond donors (Lipinski definition) is 2. The highest BCUT2D eigenvalue weighted by atomic mass is 15.3. The molecular formula is C11H15N7. The van der Waals surface area contributed by atoms with Crippen molar-refractivity contribution < 1.29 is 0 Å². The molecular weight excluding hydrogens is 230 g/mol. The summed E-state index contributed by atoms with van der Waals surface area (Å²) in [5, 5.41) is 7.36.